The minimum absolute atomic E-state index is 0.233. The second-order valence-corrected chi connectivity index (χ2v) is 10.9. The third-order valence-electron chi connectivity index (χ3n) is 6.00. The van der Waals surface area contributed by atoms with Crippen molar-refractivity contribution in [1.29, 1.82) is 0 Å². The average Bonchev–Trinajstić information content (AvgIpc) is 2.93. The van der Waals surface area contributed by atoms with Crippen LogP contribution in [-0.4, -0.2) is 39.8 Å². The average molecular weight is 544 g/mol. The number of anilines is 2. The second kappa shape index (κ2) is 12.3. The van der Waals surface area contributed by atoms with Gasteiger partial charge in [0.2, 0.25) is 5.91 Å². The van der Waals surface area contributed by atoms with Gasteiger partial charge in [-0.05, 0) is 53.6 Å². The second-order valence-electron chi connectivity index (χ2n) is 8.90. The summed E-state index contributed by atoms with van der Waals surface area (Å²) in [6.45, 7) is 0. The Morgan fingerprint density at radius 2 is 1.36 bits per heavy atom. The molecule has 3 N–H and O–H groups in total. The quantitative estimate of drug-likeness (QED) is 0.271. The van der Waals surface area contributed by atoms with Crippen molar-refractivity contribution in [3.8, 4) is 16.9 Å². The minimum Gasteiger partial charge on any atom is -0.497 e. The molecule has 0 aliphatic rings. The molecule has 1 unspecified atom stereocenters. The fourth-order valence-corrected chi connectivity index (χ4v) is 4.96. The molecule has 0 heterocycles. The molecule has 200 valence electrons. The first-order chi connectivity index (χ1) is 18.7. The summed E-state index contributed by atoms with van der Waals surface area (Å²) in [5.74, 6) is 0.265. The van der Waals surface area contributed by atoms with Crippen molar-refractivity contribution in [3.05, 3.63) is 109 Å². The molecule has 0 bridgehead atoms. The van der Waals surface area contributed by atoms with E-state index in [1.54, 1.807) is 79.9 Å². The highest BCUT2D eigenvalue weighted by Crippen LogP contribution is 2.28. The fraction of sp³-hybridized carbons (Fsp3) is 0.133. The van der Waals surface area contributed by atoms with Crippen molar-refractivity contribution in [2.75, 3.05) is 24.0 Å². The summed E-state index contributed by atoms with van der Waals surface area (Å²) in [4.78, 5) is 26.3. The number of methoxy groups -OCH3 is 1. The van der Waals surface area contributed by atoms with E-state index in [4.69, 9.17) is 4.74 Å². The third-order valence-corrected chi connectivity index (χ3v) is 7.16. The van der Waals surface area contributed by atoms with Crippen LogP contribution in [-0.2, 0) is 21.1 Å². The van der Waals surface area contributed by atoms with Crippen LogP contribution < -0.4 is 20.7 Å². The maximum Gasteiger partial charge on any atom is 0.319 e. The highest BCUT2D eigenvalue weighted by Gasteiger charge is 2.22. The van der Waals surface area contributed by atoms with Gasteiger partial charge >= 0.3 is 6.03 Å². The maximum absolute atomic E-state index is 13.3. The van der Waals surface area contributed by atoms with Gasteiger partial charge in [-0.15, -0.1) is 0 Å². The molecule has 4 aromatic carbocycles. The zero-order valence-corrected chi connectivity index (χ0v) is 22.4. The Kier molecular flexibility index (Phi) is 8.63. The predicted molar refractivity (Wildman–Crippen MR) is 153 cm³/mol. The molecule has 0 aliphatic heterocycles. The molecule has 0 spiro atoms. The van der Waals surface area contributed by atoms with Crippen molar-refractivity contribution < 1.29 is 22.7 Å². The van der Waals surface area contributed by atoms with Crippen molar-refractivity contribution in [2.45, 2.75) is 17.4 Å². The van der Waals surface area contributed by atoms with Crippen molar-refractivity contribution >= 4 is 33.2 Å². The van der Waals surface area contributed by atoms with Crippen LogP contribution in [0.2, 0.25) is 0 Å². The van der Waals surface area contributed by atoms with Gasteiger partial charge in [0.1, 0.15) is 11.8 Å². The SMILES string of the molecule is COc1ccc(NC(=O)NC(Cc2ccccc2)C(=O)Nc2ccc(-c3ccccc3S(C)(=O)=O)cc2)cc1. The van der Waals surface area contributed by atoms with Crippen LogP contribution in [0.1, 0.15) is 5.56 Å². The number of ether oxygens (including phenoxy) is 1. The van der Waals surface area contributed by atoms with Gasteiger partial charge in [0.25, 0.3) is 0 Å². The first-order valence-electron chi connectivity index (χ1n) is 12.2. The van der Waals surface area contributed by atoms with E-state index >= 15 is 0 Å². The van der Waals surface area contributed by atoms with Gasteiger partial charge in [0, 0.05) is 29.6 Å². The zero-order valence-electron chi connectivity index (χ0n) is 21.5. The van der Waals surface area contributed by atoms with Gasteiger partial charge in [0.15, 0.2) is 9.84 Å². The Bertz CT molecular complexity index is 1540. The largest absolute Gasteiger partial charge is 0.497 e. The number of hydrogen-bond donors (Lipinski definition) is 3. The van der Waals surface area contributed by atoms with Crippen LogP contribution in [0.15, 0.2) is 108 Å². The van der Waals surface area contributed by atoms with Gasteiger partial charge in [-0.1, -0.05) is 60.7 Å². The number of benzene rings is 4. The summed E-state index contributed by atoms with van der Waals surface area (Å²) >= 11 is 0. The van der Waals surface area contributed by atoms with Gasteiger partial charge in [-0.3, -0.25) is 4.79 Å². The number of rotatable bonds is 9. The van der Waals surface area contributed by atoms with Crippen LogP contribution in [0.4, 0.5) is 16.2 Å². The maximum atomic E-state index is 13.3. The number of amides is 3. The molecule has 1 atom stereocenters. The van der Waals surface area contributed by atoms with E-state index in [-0.39, 0.29) is 11.3 Å². The molecular formula is C30H29N3O5S. The lowest BCUT2D eigenvalue weighted by molar-refractivity contribution is -0.117. The lowest BCUT2D eigenvalue weighted by Crippen LogP contribution is -2.46. The third kappa shape index (κ3) is 7.45. The van der Waals surface area contributed by atoms with E-state index in [9.17, 15) is 18.0 Å². The molecule has 3 amide bonds. The molecule has 4 aromatic rings. The lowest BCUT2D eigenvalue weighted by Gasteiger charge is -2.19. The Morgan fingerprint density at radius 3 is 2.00 bits per heavy atom. The molecular weight excluding hydrogens is 514 g/mol. The van der Waals surface area contributed by atoms with E-state index in [0.29, 0.717) is 28.3 Å². The smallest absolute Gasteiger partial charge is 0.319 e. The molecule has 0 saturated heterocycles. The van der Waals surface area contributed by atoms with Crippen molar-refractivity contribution in [2.24, 2.45) is 0 Å². The zero-order chi connectivity index (χ0) is 27.8. The van der Waals surface area contributed by atoms with Gasteiger partial charge in [-0.2, -0.15) is 0 Å². The molecule has 0 aromatic heterocycles. The molecule has 0 radical (unpaired) electrons. The summed E-state index contributed by atoms with van der Waals surface area (Å²) in [5.41, 5.74) is 3.23. The van der Waals surface area contributed by atoms with Crippen LogP contribution in [0.3, 0.4) is 0 Å². The van der Waals surface area contributed by atoms with Crippen LogP contribution in [0.5, 0.6) is 5.75 Å². The Hall–Kier alpha value is -4.63. The molecule has 8 nitrogen and oxygen atoms in total. The highest BCUT2D eigenvalue weighted by atomic mass is 32.2. The van der Waals surface area contributed by atoms with Crippen LogP contribution in [0, 0.1) is 0 Å². The summed E-state index contributed by atoms with van der Waals surface area (Å²) in [5, 5.41) is 8.35. The molecule has 9 heteroatoms. The van der Waals surface area contributed by atoms with E-state index in [1.165, 1.54) is 6.26 Å². The number of hydrogen-bond acceptors (Lipinski definition) is 5. The van der Waals surface area contributed by atoms with Gasteiger partial charge < -0.3 is 20.7 Å². The van der Waals surface area contributed by atoms with E-state index in [1.807, 2.05) is 30.3 Å². The van der Waals surface area contributed by atoms with Gasteiger partial charge in [0.05, 0.1) is 12.0 Å². The first-order valence-corrected chi connectivity index (χ1v) is 14.1. The van der Waals surface area contributed by atoms with Gasteiger partial charge in [-0.25, -0.2) is 13.2 Å². The lowest BCUT2D eigenvalue weighted by atomic mass is 10.0. The number of sulfone groups is 1. The molecule has 39 heavy (non-hydrogen) atoms. The Labute approximate surface area is 228 Å². The summed E-state index contributed by atoms with van der Waals surface area (Å²) in [7, 11) is -1.85. The summed E-state index contributed by atoms with van der Waals surface area (Å²) in [6.07, 6.45) is 1.45. The number of carbonyl (C=O) groups excluding carboxylic acids is 2. The highest BCUT2D eigenvalue weighted by molar-refractivity contribution is 7.90. The number of nitrogens with one attached hydrogen (secondary N) is 3. The minimum atomic E-state index is -3.41. The Balaban J connectivity index is 1.49. The summed E-state index contributed by atoms with van der Waals surface area (Å²) in [6, 6.07) is 28.5. The molecule has 4 rings (SSSR count). The first kappa shape index (κ1) is 27.4. The van der Waals surface area contributed by atoms with E-state index in [2.05, 4.69) is 16.0 Å². The predicted octanol–water partition coefficient (Wildman–Crippen LogP) is 5.14. The molecule has 0 fully saturated rings. The standard InChI is InChI=1S/C30H29N3O5S/c1-38-25-18-16-24(17-19-25)32-30(35)33-27(20-21-8-4-3-5-9-21)29(34)31-23-14-12-22(13-15-23)26-10-6-7-11-28(26)39(2,36)37/h3-19,27H,20H2,1-2H3,(H,31,34)(H2,32,33,35). The summed E-state index contributed by atoms with van der Waals surface area (Å²) < 4.78 is 29.5. The Morgan fingerprint density at radius 1 is 0.769 bits per heavy atom. The van der Waals surface area contributed by atoms with E-state index < -0.39 is 27.8 Å². The molecule has 0 saturated carbocycles. The fourth-order valence-electron chi connectivity index (χ4n) is 4.05. The number of urea groups is 1. The normalized spacial score (nSPS) is 11.7. The number of carbonyl (C=O) groups is 2. The van der Waals surface area contributed by atoms with Crippen LogP contribution in [0.25, 0.3) is 11.1 Å². The topological polar surface area (TPSA) is 114 Å². The van der Waals surface area contributed by atoms with E-state index in [0.717, 1.165) is 5.56 Å². The van der Waals surface area contributed by atoms with Crippen molar-refractivity contribution in [3.63, 3.8) is 0 Å². The molecule has 0 aliphatic carbocycles. The van der Waals surface area contributed by atoms with Crippen molar-refractivity contribution in [1.82, 2.24) is 5.32 Å². The van der Waals surface area contributed by atoms with Crippen LogP contribution >= 0.6 is 0 Å². The monoisotopic (exact) mass is 543 g/mol.